The van der Waals surface area contributed by atoms with Crippen LogP contribution in [-0.2, 0) is 6.42 Å². The number of rotatable bonds is 5. The molecule has 6 heteroatoms. The zero-order chi connectivity index (χ0) is 21.1. The Balaban J connectivity index is 1.58. The summed E-state index contributed by atoms with van der Waals surface area (Å²) in [7, 11) is 0. The lowest BCUT2D eigenvalue weighted by Crippen LogP contribution is -1.98. The number of aryl methyl sites for hydroxylation is 2. The van der Waals surface area contributed by atoms with Crippen LogP contribution in [0.15, 0.2) is 69.3 Å². The maximum atomic E-state index is 11.6. The molecule has 5 nitrogen and oxygen atoms in total. The first kappa shape index (κ1) is 19.6. The number of thiazole rings is 1. The minimum absolute atomic E-state index is 0.382. The molecule has 0 saturated heterocycles. The molecule has 0 unspecified atom stereocenters. The molecule has 2 heterocycles. The second-order valence-corrected chi connectivity index (χ2v) is 7.72. The van der Waals surface area contributed by atoms with Crippen molar-refractivity contribution in [2.24, 2.45) is 0 Å². The van der Waals surface area contributed by atoms with Crippen molar-refractivity contribution in [3.8, 4) is 17.3 Å². The zero-order valence-electron chi connectivity index (χ0n) is 16.6. The van der Waals surface area contributed by atoms with Gasteiger partial charge >= 0.3 is 5.63 Å². The monoisotopic (exact) mass is 413 g/mol. The summed E-state index contributed by atoms with van der Waals surface area (Å²) in [6, 6.07) is 17.5. The number of allylic oxidation sites excluding steroid dienone is 1. The number of hydrogen-bond donors (Lipinski definition) is 1. The molecule has 0 radical (unpaired) electrons. The minimum Gasteiger partial charge on any atom is -0.423 e. The van der Waals surface area contributed by atoms with E-state index in [0.717, 1.165) is 34.3 Å². The lowest BCUT2D eigenvalue weighted by Gasteiger charge is -2.05. The summed E-state index contributed by atoms with van der Waals surface area (Å²) in [6.45, 7) is 3.99. The average Bonchev–Trinajstić information content (AvgIpc) is 3.24. The van der Waals surface area contributed by atoms with E-state index in [2.05, 4.69) is 47.6 Å². The maximum Gasteiger partial charge on any atom is 0.336 e. The van der Waals surface area contributed by atoms with Crippen molar-refractivity contribution in [1.29, 1.82) is 5.26 Å². The van der Waals surface area contributed by atoms with Gasteiger partial charge in [0.1, 0.15) is 22.2 Å². The fraction of sp³-hybridized carbons (Fsp3) is 0.125. The van der Waals surface area contributed by atoms with Crippen molar-refractivity contribution in [3.63, 3.8) is 0 Å². The van der Waals surface area contributed by atoms with Gasteiger partial charge in [-0.15, -0.1) is 11.3 Å². The van der Waals surface area contributed by atoms with Gasteiger partial charge < -0.3 is 9.73 Å². The molecule has 0 aliphatic rings. The summed E-state index contributed by atoms with van der Waals surface area (Å²) in [4.78, 5) is 16.2. The minimum atomic E-state index is -0.382. The standard InChI is InChI=1S/C24H19N3O2S/c1-3-16-4-6-17(7-5-16)21-14-30-24(27-21)18(12-25)13-26-19-8-9-20-15(2)10-23(28)29-22(20)11-19/h4-11,13-14,26H,3H2,1-2H3. The van der Waals surface area contributed by atoms with E-state index >= 15 is 0 Å². The van der Waals surface area contributed by atoms with Gasteiger partial charge in [-0.25, -0.2) is 9.78 Å². The first-order valence-electron chi connectivity index (χ1n) is 9.54. The molecular weight excluding hydrogens is 394 g/mol. The van der Waals surface area contributed by atoms with E-state index in [0.29, 0.717) is 16.2 Å². The van der Waals surface area contributed by atoms with Crippen LogP contribution in [0.25, 0.3) is 27.8 Å². The van der Waals surface area contributed by atoms with Crippen LogP contribution in [0.3, 0.4) is 0 Å². The van der Waals surface area contributed by atoms with Crippen molar-refractivity contribution in [2.45, 2.75) is 20.3 Å². The normalized spacial score (nSPS) is 11.4. The number of anilines is 1. The summed E-state index contributed by atoms with van der Waals surface area (Å²) in [5.74, 6) is 0. The van der Waals surface area contributed by atoms with Crippen molar-refractivity contribution in [3.05, 3.63) is 86.7 Å². The van der Waals surface area contributed by atoms with Crippen molar-refractivity contribution < 1.29 is 4.42 Å². The number of nitrogens with zero attached hydrogens (tertiary/aromatic N) is 2. The molecule has 30 heavy (non-hydrogen) atoms. The van der Waals surface area contributed by atoms with Gasteiger partial charge in [0.05, 0.1) is 5.69 Å². The zero-order valence-corrected chi connectivity index (χ0v) is 17.4. The molecule has 0 amide bonds. The van der Waals surface area contributed by atoms with Gasteiger partial charge in [-0.1, -0.05) is 31.2 Å². The Morgan fingerprint density at radius 3 is 2.77 bits per heavy atom. The van der Waals surface area contributed by atoms with Crippen molar-refractivity contribution >= 4 is 33.6 Å². The highest BCUT2D eigenvalue weighted by Crippen LogP contribution is 2.27. The molecule has 2 aromatic carbocycles. The van der Waals surface area contributed by atoms with Crippen LogP contribution >= 0.6 is 11.3 Å². The third-order valence-electron chi connectivity index (χ3n) is 4.85. The third kappa shape index (κ3) is 4.02. The Bertz CT molecular complexity index is 1340. The lowest BCUT2D eigenvalue weighted by molar-refractivity contribution is 0.560. The smallest absolute Gasteiger partial charge is 0.336 e. The number of aromatic nitrogens is 1. The van der Waals surface area contributed by atoms with E-state index in [1.165, 1.54) is 23.0 Å². The molecule has 0 fully saturated rings. The van der Waals surface area contributed by atoms with E-state index in [-0.39, 0.29) is 5.63 Å². The van der Waals surface area contributed by atoms with Gasteiger partial charge in [-0.05, 0) is 36.6 Å². The van der Waals surface area contributed by atoms with E-state index in [9.17, 15) is 10.1 Å². The highest BCUT2D eigenvalue weighted by molar-refractivity contribution is 7.11. The van der Waals surface area contributed by atoms with Crippen LogP contribution in [-0.4, -0.2) is 4.98 Å². The second-order valence-electron chi connectivity index (χ2n) is 6.86. The van der Waals surface area contributed by atoms with E-state index < -0.39 is 0 Å². The molecule has 4 aromatic rings. The molecule has 0 bridgehead atoms. The molecule has 1 N–H and O–H groups in total. The third-order valence-corrected chi connectivity index (χ3v) is 5.72. The predicted octanol–water partition coefficient (Wildman–Crippen LogP) is 5.76. The molecule has 4 rings (SSSR count). The fourth-order valence-corrected chi connectivity index (χ4v) is 3.95. The van der Waals surface area contributed by atoms with Gasteiger partial charge in [-0.2, -0.15) is 5.26 Å². The number of benzene rings is 2. The van der Waals surface area contributed by atoms with E-state index in [1.54, 1.807) is 12.3 Å². The fourth-order valence-electron chi connectivity index (χ4n) is 3.15. The van der Waals surface area contributed by atoms with E-state index in [1.807, 2.05) is 24.4 Å². The largest absolute Gasteiger partial charge is 0.423 e. The van der Waals surface area contributed by atoms with Gasteiger partial charge in [0.2, 0.25) is 0 Å². The first-order chi connectivity index (χ1) is 14.6. The van der Waals surface area contributed by atoms with Gasteiger partial charge in [-0.3, -0.25) is 0 Å². The number of fused-ring (bicyclic) bond motifs is 1. The second kappa shape index (κ2) is 8.36. The number of nitrogens with one attached hydrogen (secondary N) is 1. The van der Waals surface area contributed by atoms with Crippen LogP contribution in [0.1, 0.15) is 23.1 Å². The summed E-state index contributed by atoms with van der Waals surface area (Å²) < 4.78 is 5.28. The highest BCUT2D eigenvalue weighted by Gasteiger charge is 2.09. The summed E-state index contributed by atoms with van der Waals surface area (Å²) in [6.07, 6.45) is 2.62. The van der Waals surface area contributed by atoms with Crippen LogP contribution < -0.4 is 10.9 Å². The predicted molar refractivity (Wildman–Crippen MR) is 121 cm³/mol. The number of nitriles is 1. The first-order valence-corrected chi connectivity index (χ1v) is 10.4. The number of hydrogen-bond acceptors (Lipinski definition) is 6. The SMILES string of the molecule is CCc1ccc(-c2csc(C(C#N)=CNc3ccc4c(C)cc(=O)oc4c3)n2)cc1. The van der Waals surface area contributed by atoms with Gasteiger partial charge in [0, 0.05) is 40.3 Å². The van der Waals surface area contributed by atoms with Crippen molar-refractivity contribution in [2.75, 3.05) is 5.32 Å². The molecule has 0 saturated carbocycles. The van der Waals surface area contributed by atoms with E-state index in [4.69, 9.17) is 4.42 Å². The van der Waals surface area contributed by atoms with Crippen LogP contribution in [0.2, 0.25) is 0 Å². The van der Waals surface area contributed by atoms with Crippen LogP contribution in [0.4, 0.5) is 5.69 Å². The average molecular weight is 414 g/mol. The highest BCUT2D eigenvalue weighted by atomic mass is 32.1. The molecule has 0 spiro atoms. The van der Waals surface area contributed by atoms with Gasteiger partial charge in [0.25, 0.3) is 0 Å². The Morgan fingerprint density at radius 1 is 1.23 bits per heavy atom. The Hall–Kier alpha value is -3.69. The summed E-state index contributed by atoms with van der Waals surface area (Å²) >= 11 is 1.43. The summed E-state index contributed by atoms with van der Waals surface area (Å²) in [5, 5.41) is 16.2. The molecule has 0 atom stereocenters. The topological polar surface area (TPSA) is 78.9 Å². The van der Waals surface area contributed by atoms with Crippen LogP contribution in [0.5, 0.6) is 0 Å². The molecule has 148 valence electrons. The molecule has 2 aromatic heterocycles. The molecule has 0 aliphatic carbocycles. The van der Waals surface area contributed by atoms with Crippen LogP contribution in [0, 0.1) is 18.3 Å². The Morgan fingerprint density at radius 2 is 2.03 bits per heavy atom. The van der Waals surface area contributed by atoms with Gasteiger partial charge in [0.15, 0.2) is 0 Å². The quantitative estimate of drug-likeness (QED) is 0.332. The lowest BCUT2D eigenvalue weighted by atomic mass is 10.1. The Labute approximate surface area is 177 Å². The maximum absolute atomic E-state index is 11.6. The molecular formula is C24H19N3O2S. The molecule has 0 aliphatic heterocycles. The Kier molecular flexibility index (Phi) is 5.46. The van der Waals surface area contributed by atoms with Crippen molar-refractivity contribution in [1.82, 2.24) is 4.98 Å². The summed E-state index contributed by atoms with van der Waals surface area (Å²) in [5.41, 5.74) is 5.29.